The maximum absolute atomic E-state index is 12.4. The summed E-state index contributed by atoms with van der Waals surface area (Å²) < 4.78 is 37.1. The van der Waals surface area contributed by atoms with E-state index < -0.39 is 11.9 Å². The molecule has 0 aliphatic rings. The molecular formula is C11H14F3N3O. The molecule has 4 nitrogen and oxygen atoms in total. The van der Waals surface area contributed by atoms with Crippen molar-refractivity contribution < 1.29 is 18.0 Å². The van der Waals surface area contributed by atoms with Crippen molar-refractivity contribution in [2.24, 2.45) is 0 Å². The third-order valence-electron chi connectivity index (χ3n) is 2.18. The van der Waals surface area contributed by atoms with E-state index in [1.165, 1.54) is 17.0 Å². The van der Waals surface area contributed by atoms with E-state index in [9.17, 15) is 18.0 Å². The molecule has 0 saturated heterocycles. The Morgan fingerprint density at radius 3 is 2.61 bits per heavy atom. The molecule has 18 heavy (non-hydrogen) atoms. The van der Waals surface area contributed by atoms with Crippen LogP contribution < -0.4 is 5.32 Å². The van der Waals surface area contributed by atoms with Gasteiger partial charge in [0.2, 0.25) is 5.91 Å². The Bertz CT molecular complexity index is 418. The lowest BCUT2D eigenvalue weighted by Gasteiger charge is -2.11. The molecule has 0 aliphatic carbocycles. The molecule has 1 heterocycles. The number of amides is 1. The molecule has 0 aliphatic heterocycles. The van der Waals surface area contributed by atoms with E-state index in [4.69, 9.17) is 0 Å². The topological polar surface area (TPSA) is 45.2 Å². The molecule has 0 atom stereocenters. The molecular weight excluding hydrogens is 247 g/mol. The van der Waals surface area contributed by atoms with E-state index in [0.29, 0.717) is 0 Å². The highest BCUT2D eigenvalue weighted by molar-refractivity contribution is 5.76. The Balaban J connectivity index is 2.56. The highest BCUT2D eigenvalue weighted by Crippen LogP contribution is 2.28. The van der Waals surface area contributed by atoms with Crippen LogP contribution in [0.2, 0.25) is 0 Å². The van der Waals surface area contributed by atoms with Crippen molar-refractivity contribution >= 4 is 11.7 Å². The van der Waals surface area contributed by atoms with Crippen LogP contribution >= 0.6 is 0 Å². The average Bonchev–Trinajstić information content (AvgIpc) is 2.28. The predicted octanol–water partition coefficient (Wildman–Crippen LogP) is 1.99. The number of carbonyl (C=O) groups is 1. The second-order valence-electron chi connectivity index (χ2n) is 3.87. The summed E-state index contributed by atoms with van der Waals surface area (Å²) in [4.78, 5) is 16.1. The molecule has 0 saturated carbocycles. The Morgan fingerprint density at radius 2 is 2.06 bits per heavy atom. The Kier molecular flexibility index (Phi) is 4.52. The van der Waals surface area contributed by atoms with Crippen LogP contribution in [0.5, 0.6) is 0 Å². The monoisotopic (exact) mass is 261 g/mol. The van der Waals surface area contributed by atoms with Crippen LogP contribution in [-0.2, 0) is 11.0 Å². The summed E-state index contributed by atoms with van der Waals surface area (Å²) in [5.74, 6) is 0.00542. The fraction of sp³-hybridized carbons (Fsp3) is 0.455. The number of carbonyl (C=O) groups excluding carboxylic acids is 1. The first-order valence-electron chi connectivity index (χ1n) is 5.29. The first-order chi connectivity index (χ1) is 8.30. The molecule has 100 valence electrons. The second-order valence-corrected chi connectivity index (χ2v) is 3.87. The number of alkyl halides is 3. The fourth-order valence-electron chi connectivity index (χ4n) is 1.21. The van der Waals surface area contributed by atoms with E-state index >= 15 is 0 Å². The van der Waals surface area contributed by atoms with Crippen molar-refractivity contribution in [1.29, 1.82) is 0 Å². The third-order valence-corrected chi connectivity index (χ3v) is 2.18. The van der Waals surface area contributed by atoms with Gasteiger partial charge in [-0.1, -0.05) is 6.07 Å². The zero-order valence-electron chi connectivity index (χ0n) is 10.1. The van der Waals surface area contributed by atoms with Gasteiger partial charge in [0.25, 0.3) is 0 Å². The van der Waals surface area contributed by atoms with Gasteiger partial charge in [-0.15, -0.1) is 0 Å². The minimum absolute atomic E-state index is 0.102. The van der Waals surface area contributed by atoms with Gasteiger partial charge in [0.1, 0.15) is 11.5 Å². The standard InChI is InChI=1S/C11H14F3N3O/c1-17(2)10(18)6-7-15-9-5-3-4-8(16-9)11(12,13)14/h3-5H,6-7H2,1-2H3,(H,15,16). The molecule has 7 heteroatoms. The van der Waals surface area contributed by atoms with Gasteiger partial charge in [-0.25, -0.2) is 4.98 Å². The molecule has 0 unspecified atom stereocenters. The molecule has 0 fully saturated rings. The van der Waals surface area contributed by atoms with Crippen LogP contribution in [0.1, 0.15) is 12.1 Å². The molecule has 0 aromatic carbocycles. The Hall–Kier alpha value is -1.79. The maximum Gasteiger partial charge on any atom is 0.433 e. The fourth-order valence-corrected chi connectivity index (χ4v) is 1.21. The largest absolute Gasteiger partial charge is 0.433 e. The van der Waals surface area contributed by atoms with Crippen LogP contribution in [0.3, 0.4) is 0 Å². The number of nitrogens with zero attached hydrogens (tertiary/aromatic N) is 2. The molecule has 1 aromatic rings. The molecule has 0 bridgehead atoms. The number of nitrogens with one attached hydrogen (secondary N) is 1. The average molecular weight is 261 g/mol. The normalized spacial score (nSPS) is 11.2. The van der Waals surface area contributed by atoms with E-state index in [1.807, 2.05) is 0 Å². The van der Waals surface area contributed by atoms with Crippen LogP contribution in [0.4, 0.5) is 19.0 Å². The summed E-state index contributed by atoms with van der Waals surface area (Å²) in [5.41, 5.74) is -0.952. The summed E-state index contributed by atoms with van der Waals surface area (Å²) in [6.45, 7) is 0.241. The lowest BCUT2D eigenvalue weighted by Crippen LogP contribution is -2.24. The van der Waals surface area contributed by atoms with Gasteiger partial charge < -0.3 is 10.2 Å². The summed E-state index contributed by atoms with van der Waals surface area (Å²) in [5, 5.41) is 2.68. The quantitative estimate of drug-likeness (QED) is 0.901. The smallest absolute Gasteiger partial charge is 0.370 e. The number of anilines is 1. The number of rotatable bonds is 4. The number of pyridine rings is 1. The Morgan fingerprint density at radius 1 is 1.39 bits per heavy atom. The summed E-state index contributed by atoms with van der Waals surface area (Å²) in [6, 6.07) is 3.59. The van der Waals surface area contributed by atoms with Gasteiger partial charge in [0, 0.05) is 27.1 Å². The van der Waals surface area contributed by atoms with Gasteiger partial charge in [0.05, 0.1) is 0 Å². The molecule has 1 aromatic heterocycles. The third kappa shape index (κ3) is 4.23. The van der Waals surface area contributed by atoms with Crippen molar-refractivity contribution in [3.8, 4) is 0 Å². The van der Waals surface area contributed by atoms with Crippen molar-refractivity contribution in [3.05, 3.63) is 23.9 Å². The van der Waals surface area contributed by atoms with Gasteiger partial charge in [0.15, 0.2) is 0 Å². The highest BCUT2D eigenvalue weighted by atomic mass is 19.4. The SMILES string of the molecule is CN(C)C(=O)CCNc1cccc(C(F)(F)F)n1. The van der Waals surface area contributed by atoms with Crippen molar-refractivity contribution in [2.75, 3.05) is 26.0 Å². The highest BCUT2D eigenvalue weighted by Gasteiger charge is 2.32. The summed E-state index contributed by atoms with van der Waals surface area (Å²) in [7, 11) is 3.23. The Labute approximate surface area is 103 Å². The van der Waals surface area contributed by atoms with E-state index in [1.54, 1.807) is 14.1 Å². The van der Waals surface area contributed by atoms with Crippen molar-refractivity contribution in [2.45, 2.75) is 12.6 Å². The minimum Gasteiger partial charge on any atom is -0.370 e. The summed E-state index contributed by atoms with van der Waals surface area (Å²) in [6.07, 6.45) is -4.26. The maximum atomic E-state index is 12.4. The zero-order valence-corrected chi connectivity index (χ0v) is 10.1. The first-order valence-corrected chi connectivity index (χ1v) is 5.29. The second kappa shape index (κ2) is 5.70. The number of halogens is 3. The van der Waals surface area contributed by atoms with Gasteiger partial charge in [-0.2, -0.15) is 13.2 Å². The van der Waals surface area contributed by atoms with Gasteiger partial charge in [-0.3, -0.25) is 4.79 Å². The predicted molar refractivity (Wildman–Crippen MR) is 61.0 cm³/mol. The van der Waals surface area contributed by atoms with Crippen LogP contribution in [0.25, 0.3) is 0 Å². The first kappa shape index (κ1) is 14.3. The summed E-state index contributed by atoms with van der Waals surface area (Å²) >= 11 is 0. The van der Waals surface area contributed by atoms with Crippen molar-refractivity contribution in [3.63, 3.8) is 0 Å². The number of hydrogen-bond donors (Lipinski definition) is 1. The number of aromatic nitrogens is 1. The van der Waals surface area contributed by atoms with E-state index in [2.05, 4.69) is 10.3 Å². The van der Waals surface area contributed by atoms with Crippen LogP contribution in [0, 0.1) is 0 Å². The molecule has 0 spiro atoms. The zero-order chi connectivity index (χ0) is 13.8. The molecule has 0 radical (unpaired) electrons. The lowest BCUT2D eigenvalue weighted by atomic mass is 10.3. The van der Waals surface area contributed by atoms with E-state index in [-0.39, 0.29) is 24.7 Å². The molecule has 1 rings (SSSR count). The minimum atomic E-state index is -4.46. The molecule has 1 amide bonds. The van der Waals surface area contributed by atoms with Crippen molar-refractivity contribution in [1.82, 2.24) is 9.88 Å². The van der Waals surface area contributed by atoms with Gasteiger partial charge >= 0.3 is 6.18 Å². The molecule has 1 N–H and O–H groups in total. The van der Waals surface area contributed by atoms with Crippen LogP contribution in [-0.4, -0.2) is 36.4 Å². The van der Waals surface area contributed by atoms with Crippen LogP contribution in [0.15, 0.2) is 18.2 Å². The lowest BCUT2D eigenvalue weighted by molar-refractivity contribution is -0.141. The van der Waals surface area contributed by atoms with E-state index in [0.717, 1.165) is 6.07 Å². The van der Waals surface area contributed by atoms with Gasteiger partial charge in [-0.05, 0) is 12.1 Å². The number of hydrogen-bond acceptors (Lipinski definition) is 3.